The Bertz CT molecular complexity index is 1840. The van der Waals surface area contributed by atoms with E-state index in [0.29, 0.717) is 64.6 Å². The van der Waals surface area contributed by atoms with E-state index in [2.05, 4.69) is 31.1 Å². The summed E-state index contributed by atoms with van der Waals surface area (Å²) in [4.78, 5) is 59.1. The van der Waals surface area contributed by atoms with Gasteiger partial charge in [0.2, 0.25) is 5.91 Å². The number of aromatic nitrogens is 6. The molecule has 4 aromatic rings. The molecule has 250 valence electrons. The van der Waals surface area contributed by atoms with E-state index in [4.69, 9.17) is 30.8 Å². The van der Waals surface area contributed by atoms with Crippen LogP contribution in [-0.2, 0) is 35.0 Å². The fraction of sp³-hybridized carbons (Fsp3) is 0.312. The van der Waals surface area contributed by atoms with Gasteiger partial charge in [-0.2, -0.15) is 4.68 Å². The summed E-state index contributed by atoms with van der Waals surface area (Å²) in [5.41, 5.74) is 3.00. The molecule has 2 atom stereocenters. The zero-order valence-electron chi connectivity index (χ0n) is 26.4. The number of hydrogen-bond donors (Lipinski definition) is 3. The van der Waals surface area contributed by atoms with Crippen molar-refractivity contribution < 1.29 is 33.4 Å². The minimum Gasteiger partial charge on any atom is -0.469 e. The van der Waals surface area contributed by atoms with E-state index < -0.39 is 35.9 Å². The molecule has 1 aliphatic rings. The SMILES string of the molecule is COC(=O)Cc1ccc2c(c1)N[C@@H](C(=O)OC)CCCC[C@H](NC(=O)/C=C/c1cc(Cl)ccc1-n1cnnn1)c1nc-2c(C(=O)OC)[nH]1. The van der Waals surface area contributed by atoms with Crippen LogP contribution >= 0.6 is 11.6 Å². The van der Waals surface area contributed by atoms with Crippen molar-refractivity contribution in [2.75, 3.05) is 26.6 Å². The summed E-state index contributed by atoms with van der Waals surface area (Å²) < 4.78 is 16.4. The standard InChI is InChI=1S/C32H33ClN8O7/c1-46-27(43)15-18-8-11-21-24(14-18)35-23(31(44)47-2)7-5-4-6-22(30-37-28(21)29(38-30)32(45)48-3)36-26(42)13-9-19-16-20(33)10-12-25(19)41-17-34-39-40-41/h8-14,16-17,22-23,35H,4-7,15H2,1-3H3,(H,36,42)(H,37,38)/b13-9+/t22-,23+/m0/s1. The van der Waals surface area contributed by atoms with Gasteiger partial charge in [0.25, 0.3) is 0 Å². The predicted octanol–water partition coefficient (Wildman–Crippen LogP) is 3.61. The van der Waals surface area contributed by atoms with Crippen LogP contribution in [0.4, 0.5) is 5.69 Å². The Balaban J connectivity index is 1.52. The van der Waals surface area contributed by atoms with Crippen LogP contribution in [-0.4, -0.2) is 81.4 Å². The number of methoxy groups -OCH3 is 3. The maximum atomic E-state index is 13.3. The van der Waals surface area contributed by atoms with E-state index in [1.165, 1.54) is 38.4 Å². The molecule has 15 nitrogen and oxygen atoms in total. The Labute approximate surface area is 280 Å². The van der Waals surface area contributed by atoms with E-state index >= 15 is 0 Å². The number of rotatable bonds is 8. The summed E-state index contributed by atoms with van der Waals surface area (Å²) >= 11 is 6.23. The molecule has 2 aromatic heterocycles. The Morgan fingerprint density at radius 2 is 1.85 bits per heavy atom. The second kappa shape index (κ2) is 15.3. The van der Waals surface area contributed by atoms with Gasteiger partial charge in [0.05, 0.1) is 39.5 Å². The lowest BCUT2D eigenvalue weighted by atomic mass is 10.00. The summed E-state index contributed by atoms with van der Waals surface area (Å²) in [7, 11) is 3.85. The summed E-state index contributed by atoms with van der Waals surface area (Å²) in [6, 6.07) is 8.80. The lowest BCUT2D eigenvalue weighted by Gasteiger charge is -2.22. The van der Waals surface area contributed by atoms with Gasteiger partial charge < -0.3 is 29.8 Å². The number of carbonyl (C=O) groups is 4. The number of esters is 3. The molecule has 16 heteroatoms. The maximum absolute atomic E-state index is 13.3. The number of imidazole rings is 1. The van der Waals surface area contributed by atoms with Gasteiger partial charge in [-0.1, -0.05) is 36.6 Å². The van der Waals surface area contributed by atoms with Crippen LogP contribution in [0.1, 0.15) is 59.2 Å². The van der Waals surface area contributed by atoms with Gasteiger partial charge in [-0.15, -0.1) is 5.10 Å². The topological polar surface area (TPSA) is 192 Å². The molecule has 0 saturated carbocycles. The highest BCUT2D eigenvalue weighted by Gasteiger charge is 2.29. The number of tetrazole rings is 1. The highest BCUT2D eigenvalue weighted by Crippen LogP contribution is 2.34. The average Bonchev–Trinajstić information content (AvgIpc) is 3.78. The fourth-order valence-corrected chi connectivity index (χ4v) is 5.53. The van der Waals surface area contributed by atoms with Gasteiger partial charge >= 0.3 is 17.9 Å². The van der Waals surface area contributed by atoms with E-state index in [0.717, 1.165) is 0 Å². The average molecular weight is 677 g/mol. The number of anilines is 1. The third-order valence-corrected chi connectivity index (χ3v) is 7.96. The number of benzene rings is 2. The number of nitrogens with one attached hydrogen (secondary N) is 3. The van der Waals surface area contributed by atoms with Crippen LogP contribution in [0, 0.1) is 0 Å². The first-order valence-electron chi connectivity index (χ1n) is 14.9. The summed E-state index contributed by atoms with van der Waals surface area (Å²) in [5.74, 6) is -1.72. The predicted molar refractivity (Wildman–Crippen MR) is 173 cm³/mol. The molecule has 3 N–H and O–H groups in total. The van der Waals surface area contributed by atoms with Crippen LogP contribution in [0.15, 0.2) is 48.8 Å². The summed E-state index contributed by atoms with van der Waals surface area (Å²) in [6.07, 6.45) is 6.37. The number of ether oxygens (including phenoxy) is 3. The molecule has 0 fully saturated rings. The van der Waals surface area contributed by atoms with Gasteiger partial charge in [-0.05, 0) is 59.2 Å². The highest BCUT2D eigenvalue weighted by atomic mass is 35.5. The molecule has 0 saturated heterocycles. The molecule has 0 unspecified atom stereocenters. The molecule has 2 bridgehead atoms. The molecule has 2 aromatic carbocycles. The van der Waals surface area contributed by atoms with E-state index in [1.54, 1.807) is 42.5 Å². The van der Waals surface area contributed by atoms with Crippen molar-refractivity contribution in [2.45, 2.75) is 44.2 Å². The second-order valence-electron chi connectivity index (χ2n) is 10.8. The third kappa shape index (κ3) is 7.86. The van der Waals surface area contributed by atoms with E-state index in [1.807, 2.05) is 0 Å². The molecule has 0 radical (unpaired) electrons. The van der Waals surface area contributed by atoms with E-state index in [9.17, 15) is 19.2 Å². The number of carbonyl (C=O) groups excluding carboxylic acids is 4. The number of amides is 1. The maximum Gasteiger partial charge on any atom is 0.356 e. The first-order valence-corrected chi connectivity index (χ1v) is 15.3. The number of H-pyrrole nitrogens is 1. The van der Waals surface area contributed by atoms with Crippen LogP contribution < -0.4 is 10.6 Å². The van der Waals surface area contributed by atoms with E-state index in [-0.39, 0.29) is 17.8 Å². The molecule has 48 heavy (non-hydrogen) atoms. The summed E-state index contributed by atoms with van der Waals surface area (Å²) in [5, 5.41) is 17.9. The third-order valence-electron chi connectivity index (χ3n) is 7.72. The normalized spacial score (nSPS) is 16.1. The number of hydrogen-bond acceptors (Lipinski definition) is 12. The molecular formula is C32H33ClN8O7. The quantitative estimate of drug-likeness (QED) is 0.140. The highest BCUT2D eigenvalue weighted by molar-refractivity contribution is 6.30. The van der Waals surface area contributed by atoms with Gasteiger partial charge in [-0.25, -0.2) is 14.6 Å². The Morgan fingerprint density at radius 3 is 2.58 bits per heavy atom. The number of halogens is 1. The Morgan fingerprint density at radius 1 is 1.04 bits per heavy atom. The Hall–Kier alpha value is -5.57. The lowest BCUT2D eigenvalue weighted by molar-refractivity contribution is -0.142. The van der Waals surface area contributed by atoms with Crippen LogP contribution in [0.5, 0.6) is 0 Å². The van der Waals surface area contributed by atoms with Gasteiger partial charge in [0.1, 0.15) is 23.9 Å². The van der Waals surface area contributed by atoms with Gasteiger partial charge in [-0.3, -0.25) is 9.59 Å². The van der Waals surface area contributed by atoms with Gasteiger partial charge in [0, 0.05) is 27.9 Å². The summed E-state index contributed by atoms with van der Waals surface area (Å²) in [6.45, 7) is 0. The van der Waals surface area contributed by atoms with Crippen molar-refractivity contribution in [3.63, 3.8) is 0 Å². The Kier molecular flexibility index (Phi) is 10.8. The van der Waals surface area contributed by atoms with Crippen LogP contribution in [0.2, 0.25) is 5.02 Å². The van der Waals surface area contributed by atoms with Gasteiger partial charge in [0.15, 0.2) is 5.69 Å². The molecule has 3 heterocycles. The van der Waals surface area contributed by atoms with Crippen molar-refractivity contribution in [3.05, 3.63) is 76.5 Å². The first-order chi connectivity index (χ1) is 23.2. The van der Waals surface area contributed by atoms with Crippen molar-refractivity contribution in [1.29, 1.82) is 0 Å². The molecule has 5 rings (SSSR count). The number of fused-ring (bicyclic) bond motifs is 4. The molecule has 1 amide bonds. The smallest absolute Gasteiger partial charge is 0.356 e. The molecule has 0 spiro atoms. The molecule has 0 aliphatic carbocycles. The zero-order chi connectivity index (χ0) is 34.2. The van der Waals surface area contributed by atoms with Crippen LogP contribution in [0.3, 0.4) is 0 Å². The minimum atomic E-state index is -0.746. The van der Waals surface area contributed by atoms with Crippen molar-refractivity contribution >= 4 is 47.2 Å². The zero-order valence-corrected chi connectivity index (χ0v) is 27.1. The number of nitrogens with zero attached hydrogens (tertiary/aromatic N) is 5. The fourth-order valence-electron chi connectivity index (χ4n) is 5.34. The second-order valence-corrected chi connectivity index (χ2v) is 11.3. The molecular weight excluding hydrogens is 644 g/mol. The van der Waals surface area contributed by atoms with Crippen molar-refractivity contribution in [2.24, 2.45) is 0 Å². The van der Waals surface area contributed by atoms with Crippen molar-refractivity contribution in [3.8, 4) is 16.9 Å². The monoisotopic (exact) mass is 676 g/mol. The first kappa shape index (κ1) is 33.8. The minimum absolute atomic E-state index is 0.0158. The van der Waals surface area contributed by atoms with Crippen LogP contribution in [0.25, 0.3) is 23.0 Å². The number of aromatic amines is 1. The van der Waals surface area contributed by atoms with Crippen molar-refractivity contribution in [1.82, 2.24) is 35.5 Å². The lowest BCUT2D eigenvalue weighted by Crippen LogP contribution is -2.31. The largest absolute Gasteiger partial charge is 0.469 e. The molecule has 1 aliphatic heterocycles.